The van der Waals surface area contributed by atoms with Crippen molar-refractivity contribution in [2.45, 2.75) is 13.5 Å². The zero-order chi connectivity index (χ0) is 18.5. The van der Waals surface area contributed by atoms with Gasteiger partial charge in [-0.2, -0.15) is 0 Å². The summed E-state index contributed by atoms with van der Waals surface area (Å²) in [6, 6.07) is 9.72. The lowest BCUT2D eigenvalue weighted by molar-refractivity contribution is -0.130. The predicted octanol–water partition coefficient (Wildman–Crippen LogP) is 1.53. The number of anilines is 1. The molecule has 0 aliphatic carbocycles. The van der Waals surface area contributed by atoms with E-state index in [1.807, 2.05) is 0 Å². The lowest BCUT2D eigenvalue weighted by Crippen LogP contribution is -2.50. The molecular weight excluding hydrogens is 337 g/mol. The third-order valence-electron chi connectivity index (χ3n) is 4.31. The molecule has 1 aliphatic rings. The molecule has 26 heavy (non-hydrogen) atoms. The number of carbonyl (C=O) groups excluding carboxylic acids is 2. The molecule has 1 N–H and O–H groups in total. The standard InChI is InChI=1S/C18H20FN5O2/c1-13(25)23-8-10-24(11-9-23)18(26)16-6-7-17(22-21-16)20-12-14-4-2-3-5-15(14)19/h2-7H,8-12H2,1H3,(H,20,22). The van der Waals surface area contributed by atoms with E-state index in [1.165, 1.54) is 13.0 Å². The fourth-order valence-corrected chi connectivity index (χ4v) is 2.75. The Morgan fingerprint density at radius 3 is 2.35 bits per heavy atom. The Morgan fingerprint density at radius 2 is 1.73 bits per heavy atom. The molecule has 1 fully saturated rings. The third-order valence-corrected chi connectivity index (χ3v) is 4.31. The van der Waals surface area contributed by atoms with E-state index in [0.717, 1.165) is 0 Å². The normalized spacial score (nSPS) is 14.2. The zero-order valence-electron chi connectivity index (χ0n) is 14.5. The van der Waals surface area contributed by atoms with E-state index in [4.69, 9.17) is 0 Å². The second-order valence-electron chi connectivity index (χ2n) is 6.05. The molecule has 0 unspecified atom stereocenters. The average molecular weight is 357 g/mol. The van der Waals surface area contributed by atoms with Crippen molar-refractivity contribution >= 4 is 17.6 Å². The van der Waals surface area contributed by atoms with Crippen LogP contribution in [0.15, 0.2) is 36.4 Å². The first-order chi connectivity index (χ1) is 12.5. The molecule has 0 atom stereocenters. The van der Waals surface area contributed by atoms with E-state index in [0.29, 0.717) is 37.6 Å². The van der Waals surface area contributed by atoms with Gasteiger partial charge in [0.1, 0.15) is 11.6 Å². The highest BCUT2D eigenvalue weighted by Crippen LogP contribution is 2.11. The van der Waals surface area contributed by atoms with Crippen LogP contribution in [0, 0.1) is 5.82 Å². The highest BCUT2D eigenvalue weighted by molar-refractivity contribution is 5.92. The number of piperazine rings is 1. The number of benzene rings is 1. The molecule has 1 aromatic carbocycles. The van der Waals surface area contributed by atoms with Crippen LogP contribution in [0.3, 0.4) is 0 Å². The first-order valence-corrected chi connectivity index (χ1v) is 8.40. The lowest BCUT2D eigenvalue weighted by Gasteiger charge is -2.33. The van der Waals surface area contributed by atoms with Gasteiger partial charge >= 0.3 is 0 Å². The summed E-state index contributed by atoms with van der Waals surface area (Å²) < 4.78 is 13.6. The minimum Gasteiger partial charge on any atom is -0.364 e. The van der Waals surface area contributed by atoms with Gasteiger partial charge in [-0.1, -0.05) is 18.2 Å². The maximum Gasteiger partial charge on any atom is 0.274 e. The van der Waals surface area contributed by atoms with Crippen LogP contribution in [-0.2, 0) is 11.3 Å². The summed E-state index contributed by atoms with van der Waals surface area (Å²) in [5.41, 5.74) is 0.774. The van der Waals surface area contributed by atoms with Crippen LogP contribution in [0.25, 0.3) is 0 Å². The molecule has 2 aromatic rings. The van der Waals surface area contributed by atoms with Gasteiger partial charge in [-0.05, 0) is 18.2 Å². The molecule has 2 heterocycles. The van der Waals surface area contributed by atoms with E-state index in [2.05, 4.69) is 15.5 Å². The van der Waals surface area contributed by atoms with Gasteiger partial charge in [0, 0.05) is 45.2 Å². The van der Waals surface area contributed by atoms with Gasteiger partial charge in [-0.25, -0.2) is 4.39 Å². The second kappa shape index (κ2) is 7.90. The van der Waals surface area contributed by atoms with Crippen molar-refractivity contribution < 1.29 is 14.0 Å². The van der Waals surface area contributed by atoms with Crippen LogP contribution < -0.4 is 5.32 Å². The number of halogens is 1. The SMILES string of the molecule is CC(=O)N1CCN(C(=O)c2ccc(NCc3ccccc3F)nn2)CC1. The van der Waals surface area contributed by atoms with Crippen LogP contribution in [0.1, 0.15) is 23.0 Å². The fraction of sp³-hybridized carbons (Fsp3) is 0.333. The van der Waals surface area contributed by atoms with Crippen LogP contribution in [0.4, 0.5) is 10.2 Å². The van der Waals surface area contributed by atoms with Crippen LogP contribution >= 0.6 is 0 Å². The van der Waals surface area contributed by atoms with Gasteiger partial charge in [0.05, 0.1) is 0 Å². The number of aromatic nitrogens is 2. The molecular formula is C18H20FN5O2. The van der Waals surface area contributed by atoms with E-state index in [9.17, 15) is 14.0 Å². The molecule has 136 valence electrons. The molecule has 0 saturated carbocycles. The monoisotopic (exact) mass is 357 g/mol. The number of nitrogens with one attached hydrogen (secondary N) is 1. The zero-order valence-corrected chi connectivity index (χ0v) is 14.5. The van der Waals surface area contributed by atoms with Crippen LogP contribution in [0.5, 0.6) is 0 Å². The first kappa shape index (κ1) is 17.8. The van der Waals surface area contributed by atoms with Gasteiger partial charge in [-0.3, -0.25) is 9.59 Å². The van der Waals surface area contributed by atoms with Crippen molar-refractivity contribution in [1.29, 1.82) is 0 Å². The Kier molecular flexibility index (Phi) is 5.40. The van der Waals surface area contributed by atoms with Crippen molar-refractivity contribution in [3.05, 3.63) is 53.5 Å². The molecule has 1 aromatic heterocycles. The number of carbonyl (C=O) groups is 2. The Bertz CT molecular complexity index is 788. The summed E-state index contributed by atoms with van der Waals surface area (Å²) in [6.45, 7) is 3.81. The molecule has 1 aliphatic heterocycles. The highest BCUT2D eigenvalue weighted by atomic mass is 19.1. The van der Waals surface area contributed by atoms with Gasteiger partial charge < -0.3 is 15.1 Å². The molecule has 8 heteroatoms. The van der Waals surface area contributed by atoms with Crippen molar-refractivity contribution in [2.24, 2.45) is 0 Å². The largest absolute Gasteiger partial charge is 0.364 e. The highest BCUT2D eigenvalue weighted by Gasteiger charge is 2.24. The maximum atomic E-state index is 13.6. The summed E-state index contributed by atoms with van der Waals surface area (Å²) in [6.07, 6.45) is 0. The number of amides is 2. The van der Waals surface area contributed by atoms with Gasteiger partial charge in [0.25, 0.3) is 5.91 Å². The van der Waals surface area contributed by atoms with Gasteiger partial charge in [0.2, 0.25) is 5.91 Å². The molecule has 1 saturated heterocycles. The Hall–Kier alpha value is -3.03. The molecule has 0 spiro atoms. The van der Waals surface area contributed by atoms with Crippen molar-refractivity contribution in [2.75, 3.05) is 31.5 Å². The minimum absolute atomic E-state index is 0.0159. The van der Waals surface area contributed by atoms with Crippen LogP contribution in [0.2, 0.25) is 0 Å². The lowest BCUT2D eigenvalue weighted by atomic mass is 10.2. The third kappa shape index (κ3) is 4.14. The summed E-state index contributed by atoms with van der Waals surface area (Å²) in [5.74, 6) is -0.0146. The molecule has 7 nitrogen and oxygen atoms in total. The summed E-state index contributed by atoms with van der Waals surface area (Å²) >= 11 is 0. The Morgan fingerprint density at radius 1 is 1.04 bits per heavy atom. The molecule has 2 amide bonds. The quantitative estimate of drug-likeness (QED) is 0.898. The molecule has 3 rings (SSSR count). The number of hydrogen-bond acceptors (Lipinski definition) is 5. The molecule has 0 bridgehead atoms. The molecule has 0 radical (unpaired) electrons. The Balaban J connectivity index is 1.56. The Labute approximate surface area is 150 Å². The fourth-order valence-electron chi connectivity index (χ4n) is 2.75. The summed E-state index contributed by atoms with van der Waals surface area (Å²) in [7, 11) is 0. The van der Waals surface area contributed by atoms with E-state index in [1.54, 1.807) is 40.1 Å². The summed E-state index contributed by atoms with van der Waals surface area (Å²) in [4.78, 5) is 27.2. The van der Waals surface area contributed by atoms with Crippen molar-refractivity contribution in [1.82, 2.24) is 20.0 Å². The summed E-state index contributed by atoms with van der Waals surface area (Å²) in [5, 5.41) is 10.9. The van der Waals surface area contributed by atoms with Crippen molar-refractivity contribution in [3.8, 4) is 0 Å². The maximum absolute atomic E-state index is 13.6. The van der Waals surface area contributed by atoms with Gasteiger partial charge in [-0.15, -0.1) is 10.2 Å². The van der Waals surface area contributed by atoms with Crippen molar-refractivity contribution in [3.63, 3.8) is 0 Å². The smallest absolute Gasteiger partial charge is 0.274 e. The van der Waals surface area contributed by atoms with E-state index in [-0.39, 0.29) is 29.9 Å². The van der Waals surface area contributed by atoms with E-state index < -0.39 is 0 Å². The second-order valence-corrected chi connectivity index (χ2v) is 6.05. The predicted molar refractivity (Wildman–Crippen MR) is 93.9 cm³/mol. The van der Waals surface area contributed by atoms with E-state index >= 15 is 0 Å². The minimum atomic E-state index is -0.288. The first-order valence-electron chi connectivity index (χ1n) is 8.40. The number of hydrogen-bond donors (Lipinski definition) is 1. The number of rotatable bonds is 4. The van der Waals surface area contributed by atoms with Gasteiger partial charge in [0.15, 0.2) is 5.69 Å². The number of nitrogens with zero attached hydrogens (tertiary/aromatic N) is 4. The topological polar surface area (TPSA) is 78.4 Å². The van der Waals surface area contributed by atoms with Crippen LogP contribution in [-0.4, -0.2) is 58.0 Å². The average Bonchev–Trinajstić information content (AvgIpc) is 2.67.